The van der Waals surface area contributed by atoms with Gasteiger partial charge in [0, 0.05) is 81.1 Å². The van der Waals surface area contributed by atoms with E-state index in [0.717, 1.165) is 33.4 Å². The van der Waals surface area contributed by atoms with Crippen LogP contribution in [0.25, 0.3) is 33.4 Å². The highest BCUT2D eigenvalue weighted by Crippen LogP contribution is 2.43. The zero-order valence-electron chi connectivity index (χ0n) is 42.5. The molecule has 0 fully saturated rings. The lowest BCUT2D eigenvalue weighted by Crippen LogP contribution is -2.30. The van der Waals surface area contributed by atoms with E-state index in [1.54, 1.807) is 54.6 Å². The van der Waals surface area contributed by atoms with E-state index >= 15 is 0 Å². The third-order valence-corrected chi connectivity index (χ3v) is 15.3. The molecule has 0 saturated heterocycles. The summed E-state index contributed by atoms with van der Waals surface area (Å²) >= 11 is 50.3. The number of fused-ring (bicyclic) bond motifs is 1. The molecule has 0 amide bonds. The summed E-state index contributed by atoms with van der Waals surface area (Å²) in [5, 5.41) is 42.5. The molecule has 0 bridgehead atoms. The van der Waals surface area contributed by atoms with Crippen LogP contribution in [0.5, 0.6) is 0 Å². The molecule has 0 aromatic heterocycles. The minimum absolute atomic E-state index is 0.0296. The average molecular weight is 1380 g/mol. The van der Waals surface area contributed by atoms with E-state index in [9.17, 15) is 33.4 Å². The molecule has 1 heterocycles. The van der Waals surface area contributed by atoms with E-state index in [-0.39, 0.29) is 34.9 Å². The molecule has 0 unspecified atom stereocenters. The number of nitro groups is 2. The Hall–Kier alpha value is -5.75. The Bertz CT molecular complexity index is 3750. The molecule has 26 heteroatoms. The predicted octanol–water partition coefficient (Wildman–Crippen LogP) is 17.5. The van der Waals surface area contributed by atoms with Crippen molar-refractivity contribution in [2.24, 2.45) is 4.99 Å². The van der Waals surface area contributed by atoms with Gasteiger partial charge in [0.05, 0.1) is 47.0 Å². The molecule has 81 heavy (non-hydrogen) atoms. The summed E-state index contributed by atoms with van der Waals surface area (Å²) < 4.78 is 38.9. The summed E-state index contributed by atoms with van der Waals surface area (Å²) in [6, 6.07) is 33.7. The van der Waals surface area contributed by atoms with Crippen molar-refractivity contribution in [2.45, 2.75) is 40.3 Å². The molecule has 9 rings (SSSR count). The SMILES string of the molecule is Cc1ccc(-c2cc(N)c(N)cc2Cl)c(Cl)c1.Cc1ccc(-c2cc([N+](=O)[O-])c(N)cc2Cl)c(Cl)c1.Cc1ccc(-c2cc3c(cc2Cl)N=C(C(F)(F)F)C3)c(Cl)c1.Cc1ccc(B(O)O)c(Cl)c1.Nc1cc(Cl)c(I)cc1[N+](=O)[O-]. The van der Waals surface area contributed by atoms with Crippen LogP contribution in [-0.2, 0) is 6.42 Å². The topological polar surface area (TPSA) is 243 Å². The molecule has 0 saturated carbocycles. The first kappa shape index (κ1) is 66.1. The molecule has 1 aliphatic rings. The number of nitrogen functional groups attached to an aromatic ring is 4. The van der Waals surface area contributed by atoms with Crippen LogP contribution in [0.2, 0.25) is 40.2 Å². The number of benzene rings is 8. The average Bonchev–Trinajstić information content (AvgIpc) is 4.01. The molecule has 0 spiro atoms. The number of hydrogen-bond donors (Lipinski definition) is 6. The summed E-state index contributed by atoms with van der Waals surface area (Å²) in [4.78, 5) is 23.8. The van der Waals surface area contributed by atoms with Crippen molar-refractivity contribution in [3.63, 3.8) is 0 Å². The molecule has 0 aliphatic carbocycles. The Labute approximate surface area is 517 Å². The Balaban J connectivity index is 0.000000190. The van der Waals surface area contributed by atoms with Crippen LogP contribution in [0.1, 0.15) is 27.8 Å². The van der Waals surface area contributed by atoms with E-state index in [2.05, 4.69) is 4.99 Å². The Morgan fingerprint density at radius 1 is 0.494 bits per heavy atom. The number of alkyl halides is 3. The summed E-state index contributed by atoms with van der Waals surface area (Å²) in [5.41, 5.74) is 31.7. The van der Waals surface area contributed by atoms with Crippen molar-refractivity contribution < 1.29 is 33.1 Å². The number of nitro benzene ring substituents is 2. The lowest BCUT2D eigenvalue weighted by Gasteiger charge is -2.10. The monoisotopic (exact) mass is 1370 g/mol. The van der Waals surface area contributed by atoms with E-state index in [1.807, 2.05) is 86.7 Å². The highest BCUT2D eigenvalue weighted by atomic mass is 127. The van der Waals surface area contributed by atoms with Gasteiger partial charge in [-0.3, -0.25) is 20.2 Å². The van der Waals surface area contributed by atoms with Gasteiger partial charge in [0.25, 0.3) is 11.4 Å². The normalized spacial score (nSPS) is 11.3. The van der Waals surface area contributed by atoms with E-state index < -0.39 is 28.9 Å². The van der Waals surface area contributed by atoms with Gasteiger partial charge in [-0.1, -0.05) is 141 Å². The highest BCUT2D eigenvalue weighted by molar-refractivity contribution is 14.1. The first-order valence-corrected chi connectivity index (χ1v) is 27.2. The molecule has 422 valence electrons. The fourth-order valence-electron chi connectivity index (χ4n) is 7.41. The Morgan fingerprint density at radius 3 is 1.27 bits per heavy atom. The van der Waals surface area contributed by atoms with Gasteiger partial charge in [0.2, 0.25) is 0 Å². The summed E-state index contributed by atoms with van der Waals surface area (Å²) in [7, 11) is -1.48. The Kier molecular flexibility index (Phi) is 23.2. The minimum atomic E-state index is -4.42. The smallest absolute Gasteiger partial charge is 0.423 e. The van der Waals surface area contributed by atoms with Gasteiger partial charge < -0.3 is 33.0 Å². The van der Waals surface area contributed by atoms with Gasteiger partial charge in [-0.15, -0.1) is 0 Å². The van der Waals surface area contributed by atoms with Crippen LogP contribution < -0.4 is 28.4 Å². The summed E-state index contributed by atoms with van der Waals surface area (Å²) in [6.45, 7) is 7.68. The van der Waals surface area contributed by atoms with Crippen LogP contribution >= 0.6 is 115 Å². The van der Waals surface area contributed by atoms with Gasteiger partial charge >= 0.3 is 13.3 Å². The quantitative estimate of drug-likeness (QED) is 0.0302. The van der Waals surface area contributed by atoms with Gasteiger partial charge in [0.15, 0.2) is 0 Å². The number of rotatable bonds is 6. The standard InChI is InChI=1S/C16H10Cl2F3N.C13H10Cl2N2O2.C13H12Cl2N2.C7H8BClO2.C6H4ClIN2O2/c1-8-2-3-10(12(17)4-8)11-5-9-6-15(16(19,20)21)22-14(9)7-13(11)18;1-7-2-3-8(10(14)4-7)9-5-13(17(18)19)12(16)6-11(9)15;1-7-2-3-8(10(14)4-7)9-5-12(16)13(17)6-11(9)15;1-5-2-3-6(8(10)11)7(9)4-5;7-3-1-5(9)6(10(11)12)2-4(3)8/h2-5,7H,6H2,1H3;2-6H,16H2,1H3;2-6H,16-17H2,1H3;2-4,10-11H,1H3;1-2H,9H2. The third kappa shape index (κ3) is 17.6. The molecular weight excluding hydrogens is 1330 g/mol. The second-order valence-electron chi connectivity index (χ2n) is 17.7. The van der Waals surface area contributed by atoms with Crippen molar-refractivity contribution >= 4 is 174 Å². The fraction of sp³-hybridized carbons (Fsp3) is 0.109. The lowest BCUT2D eigenvalue weighted by atomic mass is 9.80. The van der Waals surface area contributed by atoms with Crippen molar-refractivity contribution in [1.29, 1.82) is 0 Å². The maximum absolute atomic E-state index is 12.8. The zero-order chi connectivity index (χ0) is 60.5. The van der Waals surface area contributed by atoms with Crippen molar-refractivity contribution in [3.8, 4) is 33.4 Å². The van der Waals surface area contributed by atoms with E-state index in [4.69, 9.17) is 126 Å². The first-order valence-electron chi connectivity index (χ1n) is 23.1. The predicted molar refractivity (Wildman–Crippen MR) is 338 cm³/mol. The van der Waals surface area contributed by atoms with E-state index in [0.29, 0.717) is 88.4 Å². The summed E-state index contributed by atoms with van der Waals surface area (Å²) in [5.74, 6) is 0. The highest BCUT2D eigenvalue weighted by Gasteiger charge is 2.39. The number of nitrogens with two attached hydrogens (primary N) is 4. The lowest BCUT2D eigenvalue weighted by molar-refractivity contribution is -0.384. The van der Waals surface area contributed by atoms with Gasteiger partial charge in [-0.25, -0.2) is 4.99 Å². The minimum Gasteiger partial charge on any atom is -0.423 e. The van der Waals surface area contributed by atoms with Crippen molar-refractivity contribution in [1.82, 2.24) is 0 Å². The maximum Gasteiger partial charge on any atom is 0.489 e. The Morgan fingerprint density at radius 2 is 0.852 bits per heavy atom. The number of aliphatic imine (C=N–C) groups is 1. The van der Waals surface area contributed by atoms with Crippen LogP contribution in [0.15, 0.2) is 126 Å². The molecular formula is C55H44BCl8F3IN7O6. The fourth-order valence-corrected chi connectivity index (χ4v) is 10.2. The molecule has 13 nitrogen and oxygen atoms in total. The number of halogens is 12. The van der Waals surface area contributed by atoms with Crippen LogP contribution in [0.3, 0.4) is 0 Å². The van der Waals surface area contributed by atoms with Gasteiger partial charge in [-0.2, -0.15) is 13.2 Å². The second kappa shape index (κ2) is 28.5. The van der Waals surface area contributed by atoms with Gasteiger partial charge in [-0.05, 0) is 139 Å². The molecule has 0 radical (unpaired) electrons. The van der Waals surface area contributed by atoms with Crippen LogP contribution in [-0.4, -0.2) is 38.9 Å². The van der Waals surface area contributed by atoms with Crippen molar-refractivity contribution in [2.75, 3.05) is 22.9 Å². The first-order chi connectivity index (χ1) is 37.8. The van der Waals surface area contributed by atoms with Crippen LogP contribution in [0, 0.1) is 51.5 Å². The number of nitrogens with zero attached hydrogens (tertiary/aromatic N) is 3. The number of hydrogen-bond acceptors (Lipinski definition) is 11. The molecule has 8 aromatic rings. The summed E-state index contributed by atoms with van der Waals surface area (Å²) in [6.07, 6.45) is -4.67. The maximum atomic E-state index is 12.8. The second-order valence-corrected chi connectivity index (χ2v) is 22.2. The molecule has 1 aliphatic heterocycles. The zero-order valence-corrected chi connectivity index (χ0v) is 50.8. The van der Waals surface area contributed by atoms with E-state index in [1.165, 1.54) is 30.3 Å². The van der Waals surface area contributed by atoms with Crippen LogP contribution in [0.4, 0.5) is 53.0 Å². The number of aryl methyl sites for hydroxylation is 4. The molecule has 0 atom stereocenters. The molecule has 10 N–H and O–H groups in total. The van der Waals surface area contributed by atoms with Crippen molar-refractivity contribution in [3.05, 3.63) is 213 Å². The largest absolute Gasteiger partial charge is 0.489 e. The number of anilines is 4. The molecule has 8 aromatic carbocycles. The third-order valence-electron chi connectivity index (χ3n) is 11.5. The van der Waals surface area contributed by atoms with Gasteiger partial charge in [0.1, 0.15) is 17.1 Å².